The molecule has 0 heterocycles. The Kier molecular flexibility index (Phi) is 2.37. The minimum Gasteiger partial charge on any atom is -0.507 e. The minimum atomic E-state index is -0.583. The summed E-state index contributed by atoms with van der Waals surface area (Å²) in [6.07, 6.45) is 0. The third kappa shape index (κ3) is 1.58. The summed E-state index contributed by atoms with van der Waals surface area (Å²) in [5.41, 5.74) is -0.173. The third-order valence-electron chi connectivity index (χ3n) is 1.29. The van der Waals surface area contributed by atoms with E-state index in [0.717, 1.165) is 6.07 Å². The van der Waals surface area contributed by atoms with Gasteiger partial charge in [-0.1, -0.05) is 0 Å². The number of nitrogens with zero attached hydrogens (tertiary/aromatic N) is 1. The second kappa shape index (κ2) is 3.14. The summed E-state index contributed by atoms with van der Waals surface area (Å²) >= 11 is 2.93. The van der Waals surface area contributed by atoms with Gasteiger partial charge in [-0.15, -0.1) is 0 Å². The van der Waals surface area contributed by atoms with Gasteiger partial charge in [-0.25, -0.2) is 0 Å². The fourth-order valence-corrected chi connectivity index (χ4v) is 1.17. The van der Waals surface area contributed by atoms with Crippen molar-refractivity contribution in [3.05, 3.63) is 26.7 Å². The Bertz CT molecular complexity index is 319. The van der Waals surface area contributed by atoms with Crippen LogP contribution in [0.2, 0.25) is 0 Å². The van der Waals surface area contributed by atoms with Crippen molar-refractivity contribution in [1.29, 1.82) is 0 Å². The maximum absolute atomic E-state index is 10.3. The fourth-order valence-electron chi connectivity index (χ4n) is 0.711. The van der Waals surface area contributed by atoms with E-state index in [9.17, 15) is 10.1 Å². The Morgan fingerprint density at radius 3 is 2.58 bits per heavy atom. The lowest BCUT2D eigenvalue weighted by Crippen LogP contribution is -2.04. The molecule has 0 aliphatic carbocycles. The number of phenolic OH excluding ortho intramolecular Hbond substituents is 1. The Morgan fingerprint density at radius 1 is 1.58 bits per heavy atom. The predicted molar refractivity (Wildman–Crippen MR) is 47.8 cm³/mol. The normalized spacial score (nSPS) is 9.75. The summed E-state index contributed by atoms with van der Waals surface area (Å²) < 4.78 is 0.217. The molecule has 4 nitrogen and oxygen atoms in total. The lowest BCUT2D eigenvalue weighted by Gasteiger charge is -2.00. The monoisotopic (exact) mass is 227 g/mol. The van der Waals surface area contributed by atoms with E-state index in [1.54, 1.807) is 0 Å². The molecular weight excluding hydrogens is 225 g/mol. The van der Waals surface area contributed by atoms with Crippen molar-refractivity contribution >= 4 is 34.9 Å². The molecule has 2 radical (unpaired) electrons. The average molecular weight is 228 g/mol. The van der Waals surface area contributed by atoms with Crippen molar-refractivity contribution in [2.75, 3.05) is 0 Å². The molecule has 0 fully saturated rings. The second-order valence-corrected chi connectivity index (χ2v) is 2.98. The summed E-state index contributed by atoms with van der Waals surface area (Å²) in [5.74, 6) is -0.180. The van der Waals surface area contributed by atoms with Gasteiger partial charge >= 0.3 is 0 Å². The standard InChI is InChI=1S/C6H3BBrNO3/c7-4-1-3(9(11)12)2-5(8)6(4)10/h1-2,10H. The van der Waals surface area contributed by atoms with E-state index < -0.39 is 4.92 Å². The van der Waals surface area contributed by atoms with Crippen LogP contribution in [0.1, 0.15) is 0 Å². The molecule has 0 amide bonds. The van der Waals surface area contributed by atoms with E-state index in [0.29, 0.717) is 0 Å². The smallest absolute Gasteiger partial charge is 0.270 e. The first kappa shape index (κ1) is 9.06. The van der Waals surface area contributed by atoms with Crippen LogP contribution in [0.3, 0.4) is 0 Å². The zero-order valence-corrected chi connectivity index (χ0v) is 7.41. The molecule has 0 aliphatic rings. The van der Waals surface area contributed by atoms with Crippen LogP contribution in [0, 0.1) is 10.1 Å². The topological polar surface area (TPSA) is 63.4 Å². The van der Waals surface area contributed by atoms with E-state index in [1.807, 2.05) is 0 Å². The molecule has 0 bridgehead atoms. The molecule has 6 heteroatoms. The molecule has 0 aliphatic heterocycles. The van der Waals surface area contributed by atoms with Crippen LogP contribution in [0.4, 0.5) is 5.69 Å². The van der Waals surface area contributed by atoms with Crippen molar-refractivity contribution in [3.8, 4) is 5.75 Å². The van der Waals surface area contributed by atoms with Crippen molar-refractivity contribution in [2.45, 2.75) is 0 Å². The maximum atomic E-state index is 10.3. The van der Waals surface area contributed by atoms with Crippen LogP contribution in [0.25, 0.3) is 0 Å². The number of hydrogen-bond acceptors (Lipinski definition) is 3. The fraction of sp³-hybridized carbons (Fsp3) is 0. The van der Waals surface area contributed by atoms with Crippen molar-refractivity contribution in [2.24, 2.45) is 0 Å². The number of rotatable bonds is 1. The molecule has 1 aromatic carbocycles. The van der Waals surface area contributed by atoms with Crippen LogP contribution in [0.15, 0.2) is 16.6 Å². The zero-order chi connectivity index (χ0) is 9.30. The van der Waals surface area contributed by atoms with Crippen molar-refractivity contribution < 1.29 is 10.0 Å². The summed E-state index contributed by atoms with van der Waals surface area (Å²) in [7, 11) is 5.27. The summed E-state index contributed by atoms with van der Waals surface area (Å²) in [6, 6.07) is 2.28. The molecule has 0 unspecified atom stereocenters. The molecule has 0 spiro atoms. The van der Waals surface area contributed by atoms with E-state index in [4.69, 9.17) is 13.0 Å². The van der Waals surface area contributed by atoms with Gasteiger partial charge < -0.3 is 5.11 Å². The van der Waals surface area contributed by atoms with Gasteiger partial charge in [0.25, 0.3) is 5.69 Å². The highest BCUT2D eigenvalue weighted by atomic mass is 79.9. The number of non-ortho nitro benzene ring substituents is 1. The minimum absolute atomic E-state index is 0.0175. The highest BCUT2D eigenvalue weighted by Gasteiger charge is 2.10. The van der Waals surface area contributed by atoms with Gasteiger partial charge in [-0.2, -0.15) is 0 Å². The van der Waals surface area contributed by atoms with Crippen LogP contribution < -0.4 is 5.46 Å². The van der Waals surface area contributed by atoms with Crippen LogP contribution in [0.5, 0.6) is 5.75 Å². The Morgan fingerprint density at radius 2 is 2.17 bits per heavy atom. The molecule has 0 saturated heterocycles. The maximum Gasteiger partial charge on any atom is 0.270 e. The van der Waals surface area contributed by atoms with Crippen molar-refractivity contribution in [1.82, 2.24) is 0 Å². The van der Waals surface area contributed by atoms with E-state index in [-0.39, 0.29) is 21.4 Å². The van der Waals surface area contributed by atoms with Gasteiger partial charge in [0.15, 0.2) is 0 Å². The quantitative estimate of drug-likeness (QED) is 0.440. The number of hydrogen-bond donors (Lipinski definition) is 1. The molecule has 1 rings (SSSR count). The summed E-state index contributed by atoms with van der Waals surface area (Å²) in [5, 5.41) is 19.4. The van der Waals surface area contributed by atoms with Gasteiger partial charge in [-0.3, -0.25) is 10.1 Å². The first-order chi connectivity index (χ1) is 5.52. The van der Waals surface area contributed by atoms with Gasteiger partial charge in [0.05, 0.1) is 9.40 Å². The zero-order valence-electron chi connectivity index (χ0n) is 5.82. The van der Waals surface area contributed by atoms with Gasteiger partial charge in [0, 0.05) is 12.1 Å². The van der Waals surface area contributed by atoms with Crippen LogP contribution in [-0.2, 0) is 0 Å². The number of benzene rings is 1. The number of aromatic hydroxyl groups is 1. The third-order valence-corrected chi connectivity index (χ3v) is 1.89. The highest BCUT2D eigenvalue weighted by molar-refractivity contribution is 9.10. The highest BCUT2D eigenvalue weighted by Crippen LogP contribution is 2.25. The van der Waals surface area contributed by atoms with Gasteiger partial charge in [0.2, 0.25) is 0 Å². The average Bonchev–Trinajstić information content (AvgIpc) is 1.99. The van der Waals surface area contributed by atoms with Crippen LogP contribution in [-0.4, -0.2) is 17.9 Å². The Labute approximate surface area is 77.9 Å². The second-order valence-electron chi connectivity index (χ2n) is 2.12. The first-order valence-corrected chi connectivity index (χ1v) is 3.74. The molecule has 0 aromatic heterocycles. The molecule has 1 aromatic rings. The Hall–Kier alpha value is -1.04. The molecule has 0 saturated carbocycles. The molecule has 60 valence electrons. The number of phenols is 1. The van der Waals surface area contributed by atoms with Crippen molar-refractivity contribution in [3.63, 3.8) is 0 Å². The molecular formula is C6H3BBrNO3. The number of halogens is 1. The Balaban J connectivity index is 3.31. The predicted octanol–water partition coefficient (Wildman–Crippen LogP) is 0.857. The van der Waals surface area contributed by atoms with E-state index in [2.05, 4.69) is 15.9 Å². The van der Waals surface area contributed by atoms with Gasteiger partial charge in [-0.05, 0) is 21.4 Å². The lowest BCUT2D eigenvalue weighted by molar-refractivity contribution is -0.384. The lowest BCUT2D eigenvalue weighted by atomic mass is 9.95. The molecule has 0 atom stereocenters. The number of nitro groups is 1. The molecule has 12 heavy (non-hydrogen) atoms. The summed E-state index contributed by atoms with van der Waals surface area (Å²) in [4.78, 5) is 9.68. The van der Waals surface area contributed by atoms with E-state index >= 15 is 0 Å². The number of nitro benzene ring substituents is 1. The van der Waals surface area contributed by atoms with E-state index in [1.165, 1.54) is 6.07 Å². The first-order valence-electron chi connectivity index (χ1n) is 2.94. The SMILES string of the molecule is [B]c1cc([N+](=O)[O-])cc(Br)c1O. The van der Waals surface area contributed by atoms with Crippen LogP contribution >= 0.6 is 15.9 Å². The molecule has 1 N–H and O–H groups in total. The van der Waals surface area contributed by atoms with Gasteiger partial charge in [0.1, 0.15) is 13.6 Å². The summed E-state index contributed by atoms with van der Waals surface area (Å²) in [6.45, 7) is 0. The largest absolute Gasteiger partial charge is 0.507 e.